The van der Waals surface area contributed by atoms with Gasteiger partial charge in [-0.1, -0.05) is 12.1 Å². The molecule has 4 nitrogen and oxygen atoms in total. The Kier molecular flexibility index (Phi) is 4.36. The summed E-state index contributed by atoms with van der Waals surface area (Å²) in [4.78, 5) is 4.29. The molecule has 1 N–H and O–H groups in total. The summed E-state index contributed by atoms with van der Waals surface area (Å²) in [5.41, 5.74) is 1.93. The molecule has 0 aliphatic carbocycles. The molecule has 0 aliphatic heterocycles. The Morgan fingerprint density at radius 3 is 3.00 bits per heavy atom. The molecule has 17 heavy (non-hydrogen) atoms. The van der Waals surface area contributed by atoms with E-state index in [9.17, 15) is 0 Å². The van der Waals surface area contributed by atoms with E-state index in [-0.39, 0.29) is 12.8 Å². The number of aliphatic hydroxyl groups is 1. The number of para-hydroxylation sites is 2. The van der Waals surface area contributed by atoms with Gasteiger partial charge in [-0.3, -0.25) is 0 Å². The van der Waals surface area contributed by atoms with E-state index in [0.717, 1.165) is 11.0 Å². The molecule has 0 saturated heterocycles. The fraction of sp³-hybridized carbons (Fsp3) is 0.417. The Morgan fingerprint density at radius 2 is 2.24 bits per heavy atom. The van der Waals surface area contributed by atoms with Gasteiger partial charge in [-0.05, 0) is 18.6 Å². The van der Waals surface area contributed by atoms with E-state index in [1.165, 1.54) is 0 Å². The summed E-state index contributed by atoms with van der Waals surface area (Å²) in [6, 6.07) is 7.84. The highest BCUT2D eigenvalue weighted by molar-refractivity contribution is 6.18. The smallest absolute Gasteiger partial charge is 0.148 e. The van der Waals surface area contributed by atoms with Crippen LogP contribution in [0.5, 0.6) is 0 Å². The molecule has 1 atom stereocenters. The third kappa shape index (κ3) is 2.77. The Morgan fingerprint density at radius 1 is 1.41 bits per heavy atom. The van der Waals surface area contributed by atoms with Gasteiger partial charge < -0.3 is 14.4 Å². The zero-order chi connectivity index (χ0) is 12.1. The Labute approximate surface area is 105 Å². The number of hydrogen-bond acceptors (Lipinski definition) is 3. The standard InChI is InChI=1S/C12H15ClN2O2/c13-8-12(17-7-3-6-16)15-9-14-10-4-1-2-5-11(10)15/h1-2,4-5,9,12,16H,3,6-8H2. The molecule has 0 aliphatic rings. The van der Waals surface area contributed by atoms with E-state index in [0.29, 0.717) is 18.9 Å². The summed E-state index contributed by atoms with van der Waals surface area (Å²) in [6.07, 6.45) is 2.10. The second-order valence-corrected chi connectivity index (χ2v) is 4.01. The molecule has 5 heteroatoms. The van der Waals surface area contributed by atoms with Crippen LogP contribution in [-0.2, 0) is 4.74 Å². The predicted octanol–water partition coefficient (Wildman–Crippen LogP) is 2.17. The number of imidazole rings is 1. The second kappa shape index (κ2) is 6.00. The van der Waals surface area contributed by atoms with Crippen molar-refractivity contribution in [1.29, 1.82) is 0 Å². The van der Waals surface area contributed by atoms with Gasteiger partial charge in [0.25, 0.3) is 0 Å². The summed E-state index contributed by atoms with van der Waals surface area (Å²) in [7, 11) is 0. The molecule has 0 saturated carbocycles. The highest BCUT2D eigenvalue weighted by Crippen LogP contribution is 2.19. The summed E-state index contributed by atoms with van der Waals surface area (Å²) in [6.45, 7) is 0.611. The Hall–Kier alpha value is -1.10. The number of alkyl halides is 1. The first-order valence-corrected chi connectivity index (χ1v) is 6.10. The van der Waals surface area contributed by atoms with Gasteiger partial charge in [0.1, 0.15) is 6.23 Å². The molecule has 0 radical (unpaired) electrons. The molecule has 1 unspecified atom stereocenters. The normalized spacial score (nSPS) is 13.1. The fourth-order valence-electron chi connectivity index (χ4n) is 1.69. The second-order valence-electron chi connectivity index (χ2n) is 3.70. The average Bonchev–Trinajstić information content (AvgIpc) is 2.79. The molecule has 2 rings (SSSR count). The van der Waals surface area contributed by atoms with E-state index < -0.39 is 0 Å². The third-order valence-electron chi connectivity index (χ3n) is 2.54. The number of fused-ring (bicyclic) bond motifs is 1. The van der Waals surface area contributed by atoms with E-state index in [1.54, 1.807) is 6.33 Å². The van der Waals surface area contributed by atoms with Crippen molar-refractivity contribution in [2.75, 3.05) is 19.1 Å². The van der Waals surface area contributed by atoms with Crippen molar-refractivity contribution in [3.05, 3.63) is 30.6 Å². The van der Waals surface area contributed by atoms with Crippen LogP contribution in [0.4, 0.5) is 0 Å². The third-order valence-corrected chi connectivity index (χ3v) is 2.80. The lowest BCUT2D eigenvalue weighted by molar-refractivity contribution is 0.0144. The average molecular weight is 255 g/mol. The van der Waals surface area contributed by atoms with Gasteiger partial charge in [-0.2, -0.15) is 0 Å². The maximum atomic E-state index is 8.72. The first-order valence-electron chi connectivity index (χ1n) is 5.57. The lowest BCUT2D eigenvalue weighted by atomic mass is 10.3. The van der Waals surface area contributed by atoms with Crippen molar-refractivity contribution >= 4 is 22.6 Å². The number of hydrogen-bond donors (Lipinski definition) is 1. The number of halogens is 1. The maximum absolute atomic E-state index is 8.72. The van der Waals surface area contributed by atoms with Crippen molar-refractivity contribution in [2.24, 2.45) is 0 Å². The quantitative estimate of drug-likeness (QED) is 0.635. The van der Waals surface area contributed by atoms with Gasteiger partial charge in [0.15, 0.2) is 0 Å². The van der Waals surface area contributed by atoms with Crippen LogP contribution in [0, 0.1) is 0 Å². The van der Waals surface area contributed by atoms with Crippen LogP contribution in [0.3, 0.4) is 0 Å². The molecule has 1 heterocycles. The van der Waals surface area contributed by atoms with Gasteiger partial charge in [-0.15, -0.1) is 11.6 Å². The van der Waals surface area contributed by atoms with Crippen LogP contribution in [0.1, 0.15) is 12.6 Å². The summed E-state index contributed by atoms with van der Waals surface area (Å²) < 4.78 is 7.53. The van der Waals surface area contributed by atoms with Gasteiger partial charge >= 0.3 is 0 Å². The maximum Gasteiger partial charge on any atom is 0.148 e. The monoisotopic (exact) mass is 254 g/mol. The van der Waals surface area contributed by atoms with Crippen LogP contribution in [-0.4, -0.2) is 33.8 Å². The van der Waals surface area contributed by atoms with E-state index >= 15 is 0 Å². The van der Waals surface area contributed by atoms with Crippen molar-refractivity contribution in [3.63, 3.8) is 0 Å². The first-order chi connectivity index (χ1) is 8.36. The zero-order valence-corrected chi connectivity index (χ0v) is 10.2. The largest absolute Gasteiger partial charge is 0.396 e. The number of rotatable bonds is 6. The van der Waals surface area contributed by atoms with Gasteiger partial charge in [0.2, 0.25) is 0 Å². The Balaban J connectivity index is 2.18. The van der Waals surface area contributed by atoms with Crippen LogP contribution in [0.15, 0.2) is 30.6 Å². The number of nitrogens with zero attached hydrogens (tertiary/aromatic N) is 2. The van der Waals surface area contributed by atoms with E-state index in [1.807, 2.05) is 28.8 Å². The zero-order valence-electron chi connectivity index (χ0n) is 9.42. The Bertz CT molecular complexity index is 472. The van der Waals surface area contributed by atoms with Crippen molar-refractivity contribution < 1.29 is 9.84 Å². The van der Waals surface area contributed by atoms with E-state index in [2.05, 4.69) is 4.98 Å². The van der Waals surface area contributed by atoms with Gasteiger partial charge in [0, 0.05) is 6.61 Å². The molecule has 92 valence electrons. The van der Waals surface area contributed by atoms with Crippen LogP contribution >= 0.6 is 11.6 Å². The van der Waals surface area contributed by atoms with Crippen LogP contribution in [0.2, 0.25) is 0 Å². The molecule has 0 fully saturated rings. The number of benzene rings is 1. The van der Waals surface area contributed by atoms with Crippen LogP contribution in [0.25, 0.3) is 11.0 Å². The molecule has 0 spiro atoms. The molecule has 1 aromatic carbocycles. The molecule has 0 bridgehead atoms. The number of ether oxygens (including phenoxy) is 1. The topological polar surface area (TPSA) is 47.3 Å². The SMILES string of the molecule is OCCCOC(CCl)n1cnc2ccccc21. The van der Waals surface area contributed by atoms with Gasteiger partial charge in [-0.25, -0.2) is 4.98 Å². The minimum Gasteiger partial charge on any atom is -0.396 e. The highest BCUT2D eigenvalue weighted by atomic mass is 35.5. The van der Waals surface area contributed by atoms with Gasteiger partial charge in [0.05, 0.1) is 29.8 Å². The lowest BCUT2D eigenvalue weighted by Gasteiger charge is -2.17. The van der Waals surface area contributed by atoms with Crippen molar-refractivity contribution in [2.45, 2.75) is 12.6 Å². The molecular weight excluding hydrogens is 240 g/mol. The predicted molar refractivity (Wildman–Crippen MR) is 67.1 cm³/mol. The molecule has 0 amide bonds. The van der Waals surface area contributed by atoms with E-state index in [4.69, 9.17) is 21.4 Å². The summed E-state index contributed by atoms with van der Waals surface area (Å²) >= 11 is 5.90. The first kappa shape index (κ1) is 12.4. The molecular formula is C12H15ClN2O2. The van der Waals surface area contributed by atoms with Crippen LogP contribution < -0.4 is 0 Å². The highest BCUT2D eigenvalue weighted by Gasteiger charge is 2.12. The summed E-state index contributed by atoms with van der Waals surface area (Å²) in [5.74, 6) is 0.353. The molecule has 1 aromatic heterocycles. The molecule has 2 aromatic rings. The summed E-state index contributed by atoms with van der Waals surface area (Å²) in [5, 5.41) is 8.72. The fourth-order valence-corrected chi connectivity index (χ4v) is 1.93. The minimum atomic E-state index is -0.240. The minimum absolute atomic E-state index is 0.125. The van der Waals surface area contributed by atoms with Crippen molar-refractivity contribution in [3.8, 4) is 0 Å². The lowest BCUT2D eigenvalue weighted by Crippen LogP contribution is -2.15. The number of aliphatic hydroxyl groups excluding tert-OH is 1. The number of aromatic nitrogens is 2. The van der Waals surface area contributed by atoms with Crippen molar-refractivity contribution in [1.82, 2.24) is 9.55 Å².